The number of ether oxygens (including phenoxy) is 1. The van der Waals surface area contributed by atoms with Crippen LogP contribution < -0.4 is 15.8 Å². The van der Waals surface area contributed by atoms with Crippen molar-refractivity contribution in [1.82, 2.24) is 5.32 Å². The van der Waals surface area contributed by atoms with Crippen molar-refractivity contribution in [3.8, 4) is 5.75 Å². The summed E-state index contributed by atoms with van der Waals surface area (Å²) in [6, 6.07) is 8.37. The van der Waals surface area contributed by atoms with Gasteiger partial charge < -0.3 is 15.8 Å². The van der Waals surface area contributed by atoms with Crippen molar-refractivity contribution in [3.63, 3.8) is 0 Å². The summed E-state index contributed by atoms with van der Waals surface area (Å²) >= 11 is 0. The lowest BCUT2D eigenvalue weighted by molar-refractivity contribution is 0.413. The molecular weight excluding hydrogens is 176 g/mol. The van der Waals surface area contributed by atoms with Gasteiger partial charge in [0.15, 0.2) is 0 Å². The lowest BCUT2D eigenvalue weighted by Crippen LogP contribution is -2.27. The minimum absolute atomic E-state index is 0.224. The van der Waals surface area contributed by atoms with Gasteiger partial charge in [-0.15, -0.1) is 0 Å². The van der Waals surface area contributed by atoms with Crippen LogP contribution in [0.3, 0.4) is 0 Å². The van der Waals surface area contributed by atoms with Crippen molar-refractivity contribution < 1.29 is 4.74 Å². The molecule has 3 N–H and O–H groups in total. The average Bonchev–Trinajstić information content (AvgIpc) is 2.65. The van der Waals surface area contributed by atoms with E-state index in [1.54, 1.807) is 7.11 Å². The number of hydrogen-bond donors (Lipinski definition) is 2. The molecule has 1 aliphatic heterocycles. The third-order valence-electron chi connectivity index (χ3n) is 2.78. The van der Waals surface area contributed by atoms with Crippen molar-refractivity contribution in [2.75, 3.05) is 20.2 Å². The van der Waals surface area contributed by atoms with E-state index in [0.29, 0.717) is 5.92 Å². The van der Waals surface area contributed by atoms with Crippen LogP contribution in [0.5, 0.6) is 5.75 Å². The maximum Gasteiger partial charge on any atom is 0.119 e. The summed E-state index contributed by atoms with van der Waals surface area (Å²) in [5.74, 6) is 1.33. The quantitative estimate of drug-likeness (QED) is 0.725. The Balaban J connectivity index is 2.22. The Morgan fingerprint density at radius 2 is 2.29 bits per heavy atom. The van der Waals surface area contributed by atoms with Gasteiger partial charge in [0.2, 0.25) is 0 Å². The summed E-state index contributed by atoms with van der Waals surface area (Å²) in [6.07, 6.45) is 0. The van der Waals surface area contributed by atoms with E-state index in [-0.39, 0.29) is 6.04 Å². The summed E-state index contributed by atoms with van der Waals surface area (Å²) in [5.41, 5.74) is 7.26. The molecule has 2 atom stereocenters. The molecule has 14 heavy (non-hydrogen) atoms. The molecule has 3 heteroatoms. The van der Waals surface area contributed by atoms with Gasteiger partial charge in [-0.2, -0.15) is 0 Å². The van der Waals surface area contributed by atoms with Gasteiger partial charge in [-0.05, 0) is 17.7 Å². The fourth-order valence-corrected chi connectivity index (χ4v) is 1.94. The molecular formula is C11H16N2O. The molecule has 1 aromatic carbocycles. The highest BCUT2D eigenvalue weighted by atomic mass is 16.5. The summed E-state index contributed by atoms with van der Waals surface area (Å²) in [5, 5.41) is 3.29. The van der Waals surface area contributed by atoms with Crippen molar-refractivity contribution in [3.05, 3.63) is 29.8 Å². The van der Waals surface area contributed by atoms with Crippen LogP contribution in [-0.2, 0) is 0 Å². The number of nitrogens with two attached hydrogens (primary N) is 1. The van der Waals surface area contributed by atoms with Crippen molar-refractivity contribution >= 4 is 0 Å². The number of nitrogens with one attached hydrogen (secondary N) is 1. The lowest BCUT2D eigenvalue weighted by Gasteiger charge is -2.15. The second-order valence-corrected chi connectivity index (χ2v) is 3.71. The van der Waals surface area contributed by atoms with E-state index in [1.807, 2.05) is 12.1 Å². The van der Waals surface area contributed by atoms with Crippen molar-refractivity contribution in [2.24, 2.45) is 5.73 Å². The second kappa shape index (κ2) is 3.98. The molecule has 1 aliphatic rings. The highest BCUT2D eigenvalue weighted by Gasteiger charge is 2.24. The van der Waals surface area contributed by atoms with Gasteiger partial charge in [0.1, 0.15) is 5.75 Å². The van der Waals surface area contributed by atoms with Gasteiger partial charge in [-0.25, -0.2) is 0 Å². The van der Waals surface area contributed by atoms with Crippen LogP contribution in [0.2, 0.25) is 0 Å². The van der Waals surface area contributed by atoms with E-state index in [4.69, 9.17) is 10.5 Å². The number of rotatable bonds is 2. The Kier molecular flexibility index (Phi) is 2.70. The molecule has 3 nitrogen and oxygen atoms in total. The first-order valence-corrected chi connectivity index (χ1v) is 4.91. The monoisotopic (exact) mass is 192 g/mol. The van der Waals surface area contributed by atoms with E-state index in [0.717, 1.165) is 18.8 Å². The Hall–Kier alpha value is -1.06. The molecule has 0 aromatic heterocycles. The van der Waals surface area contributed by atoms with Crippen LogP contribution in [0.25, 0.3) is 0 Å². The van der Waals surface area contributed by atoms with Gasteiger partial charge in [0, 0.05) is 25.0 Å². The third-order valence-corrected chi connectivity index (χ3v) is 2.78. The molecule has 1 saturated heterocycles. The first kappa shape index (κ1) is 9.49. The topological polar surface area (TPSA) is 47.3 Å². The third kappa shape index (κ3) is 1.74. The second-order valence-electron chi connectivity index (χ2n) is 3.71. The highest BCUT2D eigenvalue weighted by Crippen LogP contribution is 2.24. The van der Waals surface area contributed by atoms with Gasteiger partial charge in [0.25, 0.3) is 0 Å². The van der Waals surface area contributed by atoms with Crippen molar-refractivity contribution in [2.45, 2.75) is 12.0 Å². The summed E-state index contributed by atoms with van der Waals surface area (Å²) in [7, 11) is 1.69. The first-order chi connectivity index (χ1) is 6.81. The zero-order chi connectivity index (χ0) is 9.97. The van der Waals surface area contributed by atoms with E-state index in [2.05, 4.69) is 17.4 Å². The van der Waals surface area contributed by atoms with Crippen LogP contribution >= 0.6 is 0 Å². The van der Waals surface area contributed by atoms with Crippen LogP contribution in [-0.4, -0.2) is 26.2 Å². The van der Waals surface area contributed by atoms with E-state index in [9.17, 15) is 0 Å². The van der Waals surface area contributed by atoms with Crippen LogP contribution in [0.1, 0.15) is 11.5 Å². The number of methoxy groups -OCH3 is 1. The molecule has 0 unspecified atom stereocenters. The molecule has 1 aromatic rings. The van der Waals surface area contributed by atoms with E-state index >= 15 is 0 Å². The Morgan fingerprint density at radius 3 is 2.93 bits per heavy atom. The lowest BCUT2D eigenvalue weighted by atomic mass is 9.95. The molecule has 76 valence electrons. The minimum atomic E-state index is 0.224. The zero-order valence-corrected chi connectivity index (χ0v) is 8.36. The Labute approximate surface area is 84.3 Å². The fraction of sp³-hybridized carbons (Fsp3) is 0.455. The Morgan fingerprint density at radius 1 is 1.43 bits per heavy atom. The summed E-state index contributed by atoms with van der Waals surface area (Å²) in [6.45, 7) is 1.87. The average molecular weight is 192 g/mol. The summed E-state index contributed by atoms with van der Waals surface area (Å²) in [4.78, 5) is 0. The molecule has 1 heterocycles. The first-order valence-electron chi connectivity index (χ1n) is 4.91. The normalized spacial score (nSPS) is 26.4. The zero-order valence-electron chi connectivity index (χ0n) is 8.36. The van der Waals surface area contributed by atoms with Gasteiger partial charge in [0.05, 0.1) is 7.11 Å². The molecule has 0 amide bonds. The molecule has 0 saturated carbocycles. The number of hydrogen-bond acceptors (Lipinski definition) is 3. The molecule has 0 radical (unpaired) electrons. The maximum absolute atomic E-state index is 6.00. The van der Waals surface area contributed by atoms with Crippen LogP contribution in [0.15, 0.2) is 24.3 Å². The predicted octanol–water partition coefficient (Wildman–Crippen LogP) is 0.709. The van der Waals surface area contributed by atoms with Crippen LogP contribution in [0, 0.1) is 0 Å². The van der Waals surface area contributed by atoms with Crippen molar-refractivity contribution in [1.29, 1.82) is 0 Å². The minimum Gasteiger partial charge on any atom is -0.497 e. The molecule has 0 aliphatic carbocycles. The maximum atomic E-state index is 6.00. The Bertz CT molecular complexity index is 314. The largest absolute Gasteiger partial charge is 0.497 e. The fourth-order valence-electron chi connectivity index (χ4n) is 1.94. The predicted molar refractivity (Wildman–Crippen MR) is 56.6 cm³/mol. The van der Waals surface area contributed by atoms with Crippen LogP contribution in [0.4, 0.5) is 0 Å². The number of benzene rings is 1. The highest BCUT2D eigenvalue weighted by molar-refractivity contribution is 5.32. The standard InChI is InChI=1S/C11H16N2O/c1-14-9-4-2-3-8(5-9)10-6-13-7-11(10)12/h2-5,10-11,13H,6-7,12H2,1H3/t10-,11+/m1/s1. The van der Waals surface area contributed by atoms with E-state index < -0.39 is 0 Å². The molecule has 2 rings (SSSR count). The molecule has 1 fully saturated rings. The van der Waals surface area contributed by atoms with E-state index in [1.165, 1.54) is 5.56 Å². The molecule has 0 bridgehead atoms. The van der Waals surface area contributed by atoms with Gasteiger partial charge >= 0.3 is 0 Å². The van der Waals surface area contributed by atoms with Gasteiger partial charge in [-0.1, -0.05) is 12.1 Å². The van der Waals surface area contributed by atoms with Gasteiger partial charge in [-0.3, -0.25) is 0 Å². The smallest absolute Gasteiger partial charge is 0.119 e. The SMILES string of the molecule is COc1cccc([C@H]2CNC[C@@H]2N)c1. The molecule has 0 spiro atoms. The summed E-state index contributed by atoms with van der Waals surface area (Å²) < 4.78 is 5.19.